The lowest BCUT2D eigenvalue weighted by molar-refractivity contribution is -0.134. The van der Waals surface area contributed by atoms with E-state index in [9.17, 15) is 18.8 Å². The van der Waals surface area contributed by atoms with Crippen molar-refractivity contribution in [2.24, 2.45) is 0 Å². The van der Waals surface area contributed by atoms with E-state index >= 15 is 0 Å². The van der Waals surface area contributed by atoms with Crippen LogP contribution >= 0.6 is 0 Å². The molecule has 184 valence electrons. The van der Waals surface area contributed by atoms with Crippen LogP contribution in [0.4, 0.5) is 4.39 Å². The van der Waals surface area contributed by atoms with Crippen molar-refractivity contribution in [2.45, 2.75) is 25.7 Å². The molecule has 9 heteroatoms. The van der Waals surface area contributed by atoms with Gasteiger partial charge in [0.25, 0.3) is 0 Å². The molecule has 0 saturated carbocycles. The molecule has 2 aromatic carbocycles. The Hall–Kier alpha value is -3.98. The number of hydrogen-bond acceptors (Lipinski definition) is 5. The Kier molecular flexibility index (Phi) is 8.38. The van der Waals surface area contributed by atoms with Crippen LogP contribution in [0.15, 0.2) is 60.8 Å². The second kappa shape index (κ2) is 11.4. The van der Waals surface area contributed by atoms with Crippen molar-refractivity contribution in [2.75, 3.05) is 25.5 Å². The summed E-state index contributed by atoms with van der Waals surface area (Å²) in [6.07, 6.45) is 5.32. The van der Waals surface area contributed by atoms with Crippen LogP contribution in [0, 0.1) is 5.82 Å². The number of benzene rings is 2. The number of piperidine rings is 1. The van der Waals surface area contributed by atoms with E-state index in [2.05, 4.69) is 11.8 Å². The maximum atomic E-state index is 13.1. The van der Waals surface area contributed by atoms with Gasteiger partial charge in [-0.15, -0.1) is 0 Å². The second-order valence-electron chi connectivity index (χ2n) is 8.28. The highest BCUT2D eigenvalue weighted by Crippen LogP contribution is 2.34. The van der Waals surface area contributed by atoms with E-state index in [1.807, 2.05) is 18.3 Å². The van der Waals surface area contributed by atoms with Crippen LogP contribution in [-0.4, -0.2) is 57.1 Å². The molecule has 1 aliphatic rings. The number of carboxylic acid groups (broad SMARTS) is 2. The van der Waals surface area contributed by atoms with E-state index in [0.29, 0.717) is 29.2 Å². The minimum atomic E-state index is -1.26. The highest BCUT2D eigenvalue weighted by atomic mass is 19.1. The summed E-state index contributed by atoms with van der Waals surface area (Å²) in [5.41, 5.74) is 3.24. The Balaban J connectivity index is 0.000000371. The molecule has 0 unspecified atom stereocenters. The summed E-state index contributed by atoms with van der Waals surface area (Å²) in [5, 5.41) is 16.7. The lowest BCUT2D eigenvalue weighted by Gasteiger charge is -2.30. The van der Waals surface area contributed by atoms with Crippen LogP contribution in [0.3, 0.4) is 0 Å². The third kappa shape index (κ3) is 6.54. The van der Waals surface area contributed by atoms with Crippen LogP contribution in [0.5, 0.6) is 0 Å². The molecule has 8 nitrogen and oxygen atoms in total. The molecule has 2 heterocycles. The molecule has 0 spiro atoms. The van der Waals surface area contributed by atoms with Crippen LogP contribution in [0.1, 0.15) is 47.2 Å². The maximum absolute atomic E-state index is 13.1. The molecule has 1 saturated heterocycles. The van der Waals surface area contributed by atoms with Crippen LogP contribution in [0.25, 0.3) is 10.9 Å². The number of likely N-dealkylation sites (tertiary alicyclic amines) is 1. The Morgan fingerprint density at radius 3 is 2.11 bits per heavy atom. The quantitative estimate of drug-likeness (QED) is 0.279. The Bertz CT molecular complexity index is 1230. The maximum Gasteiger partial charge on any atom is 0.328 e. The van der Waals surface area contributed by atoms with Gasteiger partial charge in [-0.25, -0.2) is 14.0 Å². The van der Waals surface area contributed by atoms with Gasteiger partial charge in [0.1, 0.15) is 5.82 Å². The molecule has 1 aromatic heterocycles. The van der Waals surface area contributed by atoms with Gasteiger partial charge >= 0.3 is 11.9 Å². The minimum Gasteiger partial charge on any atom is -0.478 e. The summed E-state index contributed by atoms with van der Waals surface area (Å²) in [6.45, 7) is 5.46. The summed E-state index contributed by atoms with van der Waals surface area (Å²) >= 11 is 0. The number of aromatic nitrogens is 1. The summed E-state index contributed by atoms with van der Waals surface area (Å²) < 4.78 is 14.8. The number of carboxylic acids is 2. The highest BCUT2D eigenvalue weighted by Gasteiger charge is 2.23. The topological polar surface area (TPSA) is 126 Å². The van der Waals surface area contributed by atoms with E-state index in [1.165, 1.54) is 29.8 Å². The molecule has 3 aromatic rings. The predicted octanol–water partition coefficient (Wildman–Crippen LogP) is 3.64. The Morgan fingerprint density at radius 2 is 1.57 bits per heavy atom. The minimum absolute atomic E-state index is 0.103. The first-order valence-electron chi connectivity index (χ1n) is 11.3. The smallest absolute Gasteiger partial charge is 0.328 e. The van der Waals surface area contributed by atoms with Crippen molar-refractivity contribution in [3.63, 3.8) is 0 Å². The number of halogens is 1. The normalized spacial score (nSPS) is 14.6. The highest BCUT2D eigenvalue weighted by molar-refractivity contribution is 6.10. The first-order chi connectivity index (χ1) is 16.7. The number of aliphatic carboxylic acids is 2. The molecular formula is C26H28FN3O5. The van der Waals surface area contributed by atoms with E-state index in [-0.39, 0.29) is 11.6 Å². The number of hydrogen-bond donors (Lipinski definition) is 3. The predicted molar refractivity (Wildman–Crippen MR) is 130 cm³/mol. The lowest BCUT2D eigenvalue weighted by atomic mass is 9.88. The van der Waals surface area contributed by atoms with Gasteiger partial charge < -0.3 is 21.0 Å². The van der Waals surface area contributed by atoms with Gasteiger partial charge in [0.15, 0.2) is 5.78 Å². The molecule has 0 atom stereocenters. The molecule has 1 fully saturated rings. The molecule has 0 aliphatic carbocycles. The lowest BCUT2D eigenvalue weighted by Crippen LogP contribution is -2.32. The van der Waals surface area contributed by atoms with Crippen molar-refractivity contribution >= 4 is 28.6 Å². The summed E-state index contributed by atoms with van der Waals surface area (Å²) in [5.74, 6) is 3.66. The third-order valence-electron chi connectivity index (χ3n) is 6.08. The molecule has 35 heavy (non-hydrogen) atoms. The van der Waals surface area contributed by atoms with Crippen LogP contribution < -0.4 is 5.84 Å². The molecular weight excluding hydrogens is 453 g/mol. The number of nitrogens with zero attached hydrogens (tertiary/aromatic N) is 2. The first kappa shape index (κ1) is 25.6. The average molecular weight is 482 g/mol. The Labute approximate surface area is 202 Å². The van der Waals surface area contributed by atoms with E-state index in [0.717, 1.165) is 43.4 Å². The number of nitrogen functional groups attached to an aromatic ring is 1. The van der Waals surface area contributed by atoms with Gasteiger partial charge in [0.05, 0.1) is 5.52 Å². The molecule has 4 N–H and O–H groups in total. The molecule has 0 radical (unpaired) electrons. The fourth-order valence-corrected chi connectivity index (χ4v) is 4.22. The van der Waals surface area contributed by atoms with Gasteiger partial charge in [-0.3, -0.25) is 9.47 Å². The zero-order chi connectivity index (χ0) is 25.5. The zero-order valence-electron chi connectivity index (χ0n) is 19.4. The number of ketones is 1. The van der Waals surface area contributed by atoms with E-state index in [1.54, 1.807) is 10.7 Å². The SMILES string of the molecule is CCN1CCC(c2cn(N)c3ccc(C(=O)c4ccc(F)cc4)cc23)CC1.O=C(O)C=CC(=O)O. The van der Waals surface area contributed by atoms with Crippen molar-refractivity contribution in [1.29, 1.82) is 0 Å². The summed E-state index contributed by atoms with van der Waals surface area (Å²) in [7, 11) is 0. The number of rotatable bonds is 6. The van der Waals surface area contributed by atoms with E-state index in [4.69, 9.17) is 16.1 Å². The fourth-order valence-electron chi connectivity index (χ4n) is 4.22. The molecule has 0 amide bonds. The standard InChI is InChI=1S/C22H24FN3O.C4H4O4/c1-2-25-11-9-15(10-12-25)20-14-26(24)21-8-5-17(13-19(20)21)22(27)16-3-6-18(23)7-4-16;5-3(6)1-2-4(7)8/h3-8,13-15H,2,9-12,24H2,1H3;1-2H,(H,5,6)(H,7,8). The van der Waals surface area contributed by atoms with Gasteiger partial charge in [-0.2, -0.15) is 0 Å². The second-order valence-corrected chi connectivity index (χ2v) is 8.28. The largest absolute Gasteiger partial charge is 0.478 e. The third-order valence-corrected chi connectivity index (χ3v) is 6.08. The van der Waals surface area contributed by atoms with E-state index < -0.39 is 11.9 Å². The summed E-state index contributed by atoms with van der Waals surface area (Å²) in [4.78, 5) is 34.4. The van der Waals surface area contributed by atoms with Gasteiger partial charge in [0, 0.05) is 34.9 Å². The van der Waals surface area contributed by atoms with Crippen LogP contribution in [-0.2, 0) is 9.59 Å². The molecule has 4 rings (SSSR count). The van der Waals surface area contributed by atoms with Crippen molar-refractivity contribution in [1.82, 2.24) is 9.58 Å². The Morgan fingerprint density at radius 1 is 1.00 bits per heavy atom. The van der Waals surface area contributed by atoms with Gasteiger partial charge in [0.2, 0.25) is 0 Å². The fraction of sp³-hybridized carbons (Fsp3) is 0.269. The first-order valence-corrected chi connectivity index (χ1v) is 11.3. The van der Waals surface area contributed by atoms with Gasteiger partial charge in [-0.05, 0) is 86.4 Å². The summed E-state index contributed by atoms with van der Waals surface area (Å²) in [6, 6.07) is 11.3. The average Bonchev–Trinajstić information content (AvgIpc) is 3.19. The van der Waals surface area contributed by atoms with Gasteiger partial charge in [-0.1, -0.05) is 6.92 Å². The number of fused-ring (bicyclic) bond motifs is 1. The molecule has 1 aliphatic heterocycles. The van der Waals surface area contributed by atoms with Crippen molar-refractivity contribution in [3.05, 3.63) is 83.3 Å². The zero-order valence-corrected chi connectivity index (χ0v) is 19.4. The van der Waals surface area contributed by atoms with Crippen LogP contribution in [0.2, 0.25) is 0 Å². The monoisotopic (exact) mass is 481 g/mol. The van der Waals surface area contributed by atoms with Crippen molar-refractivity contribution < 1.29 is 29.0 Å². The number of carbonyl (C=O) groups is 3. The number of carbonyl (C=O) groups excluding carboxylic acids is 1. The number of nitrogens with two attached hydrogens (primary N) is 1. The molecule has 0 bridgehead atoms. The van der Waals surface area contributed by atoms with Crippen molar-refractivity contribution in [3.8, 4) is 0 Å².